The van der Waals surface area contributed by atoms with Crippen LogP contribution in [0.25, 0.3) is 0 Å². The molecule has 1 aliphatic rings. The van der Waals surface area contributed by atoms with E-state index in [4.69, 9.17) is 0 Å². The molecule has 1 N–H and O–H groups in total. The van der Waals surface area contributed by atoms with Gasteiger partial charge in [-0.05, 0) is 12.8 Å². The Labute approximate surface area is 98.2 Å². The predicted octanol–water partition coefficient (Wildman–Crippen LogP) is 0.557. The Morgan fingerprint density at radius 3 is 2.56 bits per heavy atom. The fraction of sp³-hybridized carbons (Fsp3) is 0.917. The van der Waals surface area contributed by atoms with Crippen LogP contribution in [-0.2, 0) is 4.79 Å². The average molecular weight is 228 g/mol. The summed E-state index contributed by atoms with van der Waals surface area (Å²) in [6.45, 7) is 9.68. The smallest absolute Gasteiger partial charge is 0.236 e. The highest BCUT2D eigenvalue weighted by atomic mass is 16.3. The molecule has 0 spiro atoms. The third kappa shape index (κ3) is 3.46. The first-order valence-corrected chi connectivity index (χ1v) is 6.26. The SMILES string of the molecule is CCC(C)C(O)CN1CCN(CC)C(=O)C1. The van der Waals surface area contributed by atoms with E-state index in [2.05, 4.69) is 18.7 Å². The Hall–Kier alpha value is -0.610. The number of aliphatic hydroxyl groups is 1. The summed E-state index contributed by atoms with van der Waals surface area (Å²) in [6, 6.07) is 0. The number of piperazine rings is 1. The number of carbonyl (C=O) groups is 1. The first kappa shape index (κ1) is 13.5. The van der Waals surface area contributed by atoms with Gasteiger partial charge < -0.3 is 10.0 Å². The van der Waals surface area contributed by atoms with Gasteiger partial charge in [0.25, 0.3) is 0 Å². The van der Waals surface area contributed by atoms with Crippen LogP contribution in [0.5, 0.6) is 0 Å². The molecule has 2 atom stereocenters. The molecule has 1 amide bonds. The van der Waals surface area contributed by atoms with E-state index in [0.717, 1.165) is 26.1 Å². The Morgan fingerprint density at radius 2 is 2.06 bits per heavy atom. The summed E-state index contributed by atoms with van der Waals surface area (Å²) in [5.41, 5.74) is 0. The van der Waals surface area contributed by atoms with Crippen LogP contribution in [0.2, 0.25) is 0 Å². The highest BCUT2D eigenvalue weighted by molar-refractivity contribution is 5.78. The molecule has 0 aromatic rings. The minimum atomic E-state index is -0.314. The van der Waals surface area contributed by atoms with Gasteiger partial charge in [0.2, 0.25) is 5.91 Å². The Balaban J connectivity index is 2.38. The minimum Gasteiger partial charge on any atom is -0.392 e. The quantitative estimate of drug-likeness (QED) is 0.747. The van der Waals surface area contributed by atoms with Gasteiger partial charge in [-0.25, -0.2) is 0 Å². The molecule has 94 valence electrons. The highest BCUT2D eigenvalue weighted by Crippen LogP contribution is 2.11. The molecule has 0 radical (unpaired) electrons. The summed E-state index contributed by atoms with van der Waals surface area (Å²) >= 11 is 0. The molecule has 4 nitrogen and oxygen atoms in total. The van der Waals surface area contributed by atoms with Crippen LogP contribution in [0.15, 0.2) is 0 Å². The van der Waals surface area contributed by atoms with Crippen LogP contribution >= 0.6 is 0 Å². The zero-order chi connectivity index (χ0) is 12.1. The lowest BCUT2D eigenvalue weighted by atomic mass is 10.0. The number of hydrogen-bond acceptors (Lipinski definition) is 3. The number of hydrogen-bond donors (Lipinski definition) is 1. The monoisotopic (exact) mass is 228 g/mol. The number of aliphatic hydroxyl groups excluding tert-OH is 1. The first-order chi connectivity index (χ1) is 7.58. The molecule has 0 bridgehead atoms. The second-order valence-electron chi connectivity index (χ2n) is 4.66. The summed E-state index contributed by atoms with van der Waals surface area (Å²) < 4.78 is 0. The second kappa shape index (κ2) is 6.21. The molecule has 1 heterocycles. The van der Waals surface area contributed by atoms with Crippen LogP contribution in [-0.4, -0.2) is 59.6 Å². The molecule has 1 fully saturated rings. The molecule has 1 saturated heterocycles. The minimum absolute atomic E-state index is 0.185. The van der Waals surface area contributed by atoms with Crippen molar-refractivity contribution in [2.75, 3.05) is 32.7 Å². The van der Waals surface area contributed by atoms with E-state index in [1.54, 1.807) is 0 Å². The maximum atomic E-state index is 11.7. The van der Waals surface area contributed by atoms with E-state index in [1.807, 2.05) is 11.8 Å². The summed E-state index contributed by atoms with van der Waals surface area (Å²) in [5, 5.41) is 9.91. The molecule has 2 unspecified atom stereocenters. The molecule has 0 aliphatic carbocycles. The zero-order valence-electron chi connectivity index (χ0n) is 10.6. The van der Waals surface area contributed by atoms with Gasteiger partial charge >= 0.3 is 0 Å². The molecular formula is C12H24N2O2. The van der Waals surface area contributed by atoms with Gasteiger partial charge in [-0.15, -0.1) is 0 Å². The van der Waals surface area contributed by atoms with Gasteiger partial charge in [0.1, 0.15) is 0 Å². The lowest BCUT2D eigenvalue weighted by Gasteiger charge is -2.35. The van der Waals surface area contributed by atoms with Gasteiger partial charge in [-0.2, -0.15) is 0 Å². The van der Waals surface area contributed by atoms with Crippen molar-refractivity contribution in [3.05, 3.63) is 0 Å². The van der Waals surface area contributed by atoms with Crippen molar-refractivity contribution in [2.24, 2.45) is 5.92 Å². The molecule has 16 heavy (non-hydrogen) atoms. The number of amides is 1. The number of likely N-dealkylation sites (N-methyl/N-ethyl adjacent to an activating group) is 1. The predicted molar refractivity (Wildman–Crippen MR) is 64.2 cm³/mol. The van der Waals surface area contributed by atoms with Crippen molar-refractivity contribution in [3.8, 4) is 0 Å². The van der Waals surface area contributed by atoms with Crippen molar-refractivity contribution in [1.82, 2.24) is 9.80 Å². The Bertz CT molecular complexity index is 233. The maximum Gasteiger partial charge on any atom is 0.236 e. The molecule has 0 aromatic carbocycles. The van der Waals surface area contributed by atoms with E-state index in [9.17, 15) is 9.90 Å². The van der Waals surface area contributed by atoms with E-state index in [0.29, 0.717) is 19.0 Å². The largest absolute Gasteiger partial charge is 0.392 e. The molecular weight excluding hydrogens is 204 g/mol. The fourth-order valence-electron chi connectivity index (χ4n) is 1.96. The number of β-amino-alcohol motifs (C(OH)–C–C–N with tert-alkyl or cyclic N) is 1. The van der Waals surface area contributed by atoms with Gasteiger partial charge in [0.05, 0.1) is 12.6 Å². The van der Waals surface area contributed by atoms with E-state index in [-0.39, 0.29) is 12.0 Å². The summed E-state index contributed by atoms with van der Waals surface area (Å²) in [6.07, 6.45) is 0.662. The molecule has 1 aliphatic heterocycles. The third-order valence-electron chi connectivity index (χ3n) is 3.53. The first-order valence-electron chi connectivity index (χ1n) is 6.26. The second-order valence-corrected chi connectivity index (χ2v) is 4.66. The summed E-state index contributed by atoms with van der Waals surface area (Å²) in [4.78, 5) is 15.6. The highest BCUT2D eigenvalue weighted by Gasteiger charge is 2.25. The maximum absolute atomic E-state index is 11.7. The third-order valence-corrected chi connectivity index (χ3v) is 3.53. The van der Waals surface area contributed by atoms with Crippen molar-refractivity contribution < 1.29 is 9.90 Å². The van der Waals surface area contributed by atoms with Crippen molar-refractivity contribution in [1.29, 1.82) is 0 Å². The van der Waals surface area contributed by atoms with Crippen LogP contribution in [0.4, 0.5) is 0 Å². The lowest BCUT2D eigenvalue weighted by molar-refractivity contribution is -0.136. The molecule has 0 saturated carbocycles. The zero-order valence-corrected chi connectivity index (χ0v) is 10.6. The normalized spacial score (nSPS) is 22.2. The van der Waals surface area contributed by atoms with Crippen molar-refractivity contribution >= 4 is 5.91 Å². The Morgan fingerprint density at radius 1 is 1.38 bits per heavy atom. The van der Waals surface area contributed by atoms with Crippen LogP contribution in [0, 0.1) is 5.92 Å². The van der Waals surface area contributed by atoms with Crippen LogP contribution < -0.4 is 0 Å². The molecule has 1 rings (SSSR count). The van der Waals surface area contributed by atoms with E-state index in [1.165, 1.54) is 0 Å². The topological polar surface area (TPSA) is 43.8 Å². The average Bonchev–Trinajstić information content (AvgIpc) is 2.28. The van der Waals surface area contributed by atoms with Crippen LogP contribution in [0.3, 0.4) is 0 Å². The van der Waals surface area contributed by atoms with E-state index >= 15 is 0 Å². The van der Waals surface area contributed by atoms with E-state index < -0.39 is 0 Å². The summed E-state index contributed by atoms with van der Waals surface area (Å²) in [5.74, 6) is 0.490. The number of carbonyl (C=O) groups excluding carboxylic acids is 1. The van der Waals surface area contributed by atoms with Gasteiger partial charge in [-0.3, -0.25) is 9.69 Å². The lowest BCUT2D eigenvalue weighted by Crippen LogP contribution is -2.52. The van der Waals surface area contributed by atoms with Crippen molar-refractivity contribution in [3.63, 3.8) is 0 Å². The Kier molecular flexibility index (Phi) is 5.22. The number of nitrogens with zero attached hydrogens (tertiary/aromatic N) is 2. The fourth-order valence-corrected chi connectivity index (χ4v) is 1.96. The van der Waals surface area contributed by atoms with Gasteiger partial charge in [0.15, 0.2) is 0 Å². The molecule has 4 heteroatoms. The molecule has 0 aromatic heterocycles. The van der Waals surface area contributed by atoms with Gasteiger partial charge in [0, 0.05) is 26.2 Å². The summed E-state index contributed by atoms with van der Waals surface area (Å²) in [7, 11) is 0. The van der Waals surface area contributed by atoms with Crippen LogP contribution in [0.1, 0.15) is 27.2 Å². The van der Waals surface area contributed by atoms with Crippen molar-refractivity contribution in [2.45, 2.75) is 33.3 Å². The number of rotatable bonds is 5. The van der Waals surface area contributed by atoms with Gasteiger partial charge in [-0.1, -0.05) is 20.3 Å². The standard InChI is InChI=1S/C12H24N2O2/c1-4-10(3)11(15)8-13-6-7-14(5-2)12(16)9-13/h10-11,15H,4-9H2,1-3H3.